The molecule has 1 aromatic rings. The largest absolute Gasteiger partial charge is 0.448 e. The van der Waals surface area contributed by atoms with Gasteiger partial charge < -0.3 is 10.5 Å². The van der Waals surface area contributed by atoms with Gasteiger partial charge in [0.1, 0.15) is 5.15 Å². The van der Waals surface area contributed by atoms with Crippen LogP contribution in [0, 0.1) is 0 Å². The van der Waals surface area contributed by atoms with Crippen molar-refractivity contribution in [1.29, 1.82) is 0 Å². The van der Waals surface area contributed by atoms with Crippen molar-refractivity contribution in [1.82, 2.24) is 10.3 Å². The van der Waals surface area contributed by atoms with Crippen LogP contribution < -0.4 is 11.1 Å². The lowest BCUT2D eigenvalue weighted by molar-refractivity contribution is -0.127. The van der Waals surface area contributed by atoms with E-state index in [1.165, 1.54) is 19.1 Å². The number of nitrogens with zero attached hydrogens (tertiary/aromatic N) is 1. The Morgan fingerprint density at radius 2 is 2.00 bits per heavy atom. The van der Waals surface area contributed by atoms with E-state index in [9.17, 15) is 14.4 Å². The zero-order valence-corrected chi connectivity index (χ0v) is 11.2. The fourth-order valence-electron chi connectivity index (χ4n) is 1.05. The summed E-state index contributed by atoms with van der Waals surface area (Å²) in [6, 6.07) is 1.71. The molecule has 0 fully saturated rings. The van der Waals surface area contributed by atoms with Gasteiger partial charge in [-0.15, -0.1) is 0 Å². The molecule has 3 N–H and O–H groups in total. The molecule has 9 heteroatoms. The van der Waals surface area contributed by atoms with E-state index in [4.69, 9.17) is 33.7 Å². The van der Waals surface area contributed by atoms with Crippen LogP contribution in [-0.4, -0.2) is 29.0 Å². The molecule has 0 aliphatic heterocycles. The molecular weight excluding hydrogens is 297 g/mol. The van der Waals surface area contributed by atoms with Gasteiger partial charge in [0.2, 0.25) is 0 Å². The number of aromatic nitrogens is 1. The minimum atomic E-state index is -1.24. The van der Waals surface area contributed by atoms with Crippen LogP contribution in [0.15, 0.2) is 12.1 Å². The van der Waals surface area contributed by atoms with Crippen LogP contribution in [0.25, 0.3) is 0 Å². The van der Waals surface area contributed by atoms with Gasteiger partial charge in [-0.25, -0.2) is 14.6 Å². The van der Waals surface area contributed by atoms with Crippen molar-refractivity contribution >= 4 is 41.1 Å². The SMILES string of the molecule is CC(OC(=O)c1nc(Cl)ccc1Cl)C(=O)NC(N)=O. The first-order chi connectivity index (χ1) is 8.81. The molecule has 19 heavy (non-hydrogen) atoms. The Morgan fingerprint density at radius 3 is 2.58 bits per heavy atom. The van der Waals surface area contributed by atoms with E-state index >= 15 is 0 Å². The number of pyridine rings is 1. The number of halogens is 2. The van der Waals surface area contributed by atoms with Crippen molar-refractivity contribution in [2.75, 3.05) is 0 Å². The van der Waals surface area contributed by atoms with E-state index in [1.54, 1.807) is 5.32 Å². The highest BCUT2D eigenvalue weighted by Gasteiger charge is 2.22. The number of amides is 3. The van der Waals surface area contributed by atoms with Crippen LogP contribution in [0.3, 0.4) is 0 Å². The minimum Gasteiger partial charge on any atom is -0.448 e. The number of ether oxygens (including phenoxy) is 1. The second-order valence-electron chi connectivity index (χ2n) is 3.37. The second-order valence-corrected chi connectivity index (χ2v) is 4.16. The molecule has 0 saturated carbocycles. The Labute approximate surface area is 118 Å². The molecule has 3 amide bonds. The molecule has 102 valence electrons. The smallest absolute Gasteiger partial charge is 0.359 e. The lowest BCUT2D eigenvalue weighted by Crippen LogP contribution is -2.42. The normalized spacial score (nSPS) is 11.5. The number of imide groups is 1. The summed E-state index contributed by atoms with van der Waals surface area (Å²) in [5.74, 6) is -1.81. The first-order valence-electron chi connectivity index (χ1n) is 4.94. The third kappa shape index (κ3) is 4.38. The average Bonchev–Trinajstić information content (AvgIpc) is 2.31. The number of primary amides is 1. The van der Waals surface area contributed by atoms with Crippen molar-refractivity contribution in [2.45, 2.75) is 13.0 Å². The summed E-state index contributed by atoms with van der Waals surface area (Å²) in [4.78, 5) is 37.1. The van der Waals surface area contributed by atoms with Crippen molar-refractivity contribution in [3.63, 3.8) is 0 Å². The van der Waals surface area contributed by atoms with Gasteiger partial charge in [0.25, 0.3) is 5.91 Å². The molecule has 0 radical (unpaired) electrons. The molecule has 1 atom stereocenters. The molecule has 0 saturated heterocycles. The van der Waals surface area contributed by atoms with E-state index in [1.807, 2.05) is 0 Å². The summed E-state index contributed by atoms with van der Waals surface area (Å²) in [5.41, 5.74) is 4.53. The maximum atomic E-state index is 11.7. The monoisotopic (exact) mass is 305 g/mol. The number of esters is 1. The van der Waals surface area contributed by atoms with Gasteiger partial charge in [0.05, 0.1) is 5.02 Å². The number of carbonyl (C=O) groups is 3. The maximum Gasteiger partial charge on any atom is 0.359 e. The van der Waals surface area contributed by atoms with Gasteiger partial charge in [-0.05, 0) is 19.1 Å². The Bertz CT molecular complexity index is 536. The number of hydrogen-bond donors (Lipinski definition) is 2. The second kappa shape index (κ2) is 6.35. The Balaban J connectivity index is 2.77. The highest BCUT2D eigenvalue weighted by atomic mass is 35.5. The fraction of sp³-hybridized carbons (Fsp3) is 0.200. The van der Waals surface area contributed by atoms with Gasteiger partial charge in [0, 0.05) is 0 Å². The van der Waals surface area contributed by atoms with Crippen molar-refractivity contribution in [2.24, 2.45) is 5.73 Å². The predicted molar refractivity (Wildman–Crippen MR) is 66.9 cm³/mol. The van der Waals surface area contributed by atoms with Gasteiger partial charge in [-0.1, -0.05) is 23.2 Å². The lowest BCUT2D eigenvalue weighted by atomic mass is 10.3. The number of rotatable bonds is 3. The van der Waals surface area contributed by atoms with Crippen molar-refractivity contribution in [3.05, 3.63) is 28.0 Å². The molecule has 0 aliphatic carbocycles. The quantitative estimate of drug-likeness (QED) is 0.642. The summed E-state index contributed by atoms with van der Waals surface area (Å²) in [5, 5.41) is 1.84. The van der Waals surface area contributed by atoms with Crippen molar-refractivity contribution in [3.8, 4) is 0 Å². The third-order valence-corrected chi connectivity index (χ3v) is 2.42. The molecule has 1 aromatic heterocycles. The molecule has 0 aromatic carbocycles. The highest BCUT2D eigenvalue weighted by molar-refractivity contribution is 6.34. The van der Waals surface area contributed by atoms with Gasteiger partial charge >= 0.3 is 12.0 Å². The van der Waals surface area contributed by atoms with E-state index in [0.29, 0.717) is 0 Å². The van der Waals surface area contributed by atoms with Crippen LogP contribution in [0.5, 0.6) is 0 Å². The summed E-state index contributed by atoms with van der Waals surface area (Å²) in [7, 11) is 0. The van der Waals surface area contributed by atoms with E-state index in [0.717, 1.165) is 0 Å². The van der Waals surface area contributed by atoms with Crippen LogP contribution in [0.1, 0.15) is 17.4 Å². The van der Waals surface area contributed by atoms with Crippen LogP contribution in [0.4, 0.5) is 4.79 Å². The van der Waals surface area contributed by atoms with Crippen LogP contribution >= 0.6 is 23.2 Å². The standard InChI is InChI=1S/C10H9Cl2N3O4/c1-4(8(16)15-10(13)18)19-9(17)7-5(11)2-3-6(12)14-7/h2-4H,1H3,(H3,13,15,16,18). The summed E-state index contributed by atoms with van der Waals surface area (Å²) >= 11 is 11.4. The summed E-state index contributed by atoms with van der Waals surface area (Å²) < 4.78 is 4.77. The maximum absolute atomic E-state index is 11.7. The molecule has 0 aliphatic rings. The number of nitrogens with two attached hydrogens (primary N) is 1. The summed E-state index contributed by atoms with van der Waals surface area (Å²) in [6.45, 7) is 1.26. The first kappa shape index (κ1) is 15.2. The van der Waals surface area contributed by atoms with E-state index in [2.05, 4.69) is 4.98 Å². The lowest BCUT2D eigenvalue weighted by Gasteiger charge is -2.12. The predicted octanol–water partition coefficient (Wildman–Crippen LogP) is 1.13. The zero-order chi connectivity index (χ0) is 14.6. The average molecular weight is 306 g/mol. The zero-order valence-electron chi connectivity index (χ0n) is 9.65. The minimum absolute atomic E-state index is 0.0249. The number of nitrogens with one attached hydrogen (secondary N) is 1. The number of carbonyl (C=O) groups excluding carboxylic acids is 3. The molecule has 1 unspecified atom stereocenters. The molecule has 0 bridgehead atoms. The Hall–Kier alpha value is -1.86. The van der Waals surface area contributed by atoms with Gasteiger partial charge in [-0.2, -0.15) is 0 Å². The molecule has 0 spiro atoms. The molecule has 7 nitrogen and oxygen atoms in total. The highest BCUT2D eigenvalue weighted by Crippen LogP contribution is 2.18. The van der Waals surface area contributed by atoms with Gasteiger partial charge in [-0.3, -0.25) is 10.1 Å². The van der Waals surface area contributed by atoms with E-state index in [-0.39, 0.29) is 15.9 Å². The van der Waals surface area contributed by atoms with Gasteiger partial charge in [0.15, 0.2) is 11.8 Å². The van der Waals surface area contributed by atoms with Crippen LogP contribution in [-0.2, 0) is 9.53 Å². The molecular formula is C10H9Cl2N3O4. The van der Waals surface area contributed by atoms with E-state index < -0.39 is 24.0 Å². The van der Waals surface area contributed by atoms with Crippen molar-refractivity contribution < 1.29 is 19.1 Å². The Kier molecular flexibility index (Phi) is 5.08. The first-order valence-corrected chi connectivity index (χ1v) is 5.70. The third-order valence-electron chi connectivity index (χ3n) is 1.90. The Morgan fingerprint density at radius 1 is 1.37 bits per heavy atom. The fourth-order valence-corrected chi connectivity index (χ4v) is 1.38. The summed E-state index contributed by atoms with van der Waals surface area (Å²) in [6.07, 6.45) is -1.24. The molecule has 1 rings (SSSR count). The topological polar surface area (TPSA) is 111 Å². The van der Waals surface area contributed by atoms with Crippen LogP contribution in [0.2, 0.25) is 10.2 Å². The molecule has 1 heterocycles. The number of hydrogen-bond acceptors (Lipinski definition) is 5. The number of urea groups is 1.